The van der Waals surface area contributed by atoms with Gasteiger partial charge in [0, 0.05) is 13.0 Å². The van der Waals surface area contributed by atoms with E-state index in [-0.39, 0.29) is 18.1 Å². The Morgan fingerprint density at radius 2 is 2.13 bits per heavy atom. The third kappa shape index (κ3) is 1.89. The highest BCUT2D eigenvalue weighted by molar-refractivity contribution is 7.80. The van der Waals surface area contributed by atoms with Gasteiger partial charge in [-0.3, -0.25) is 4.79 Å². The number of likely N-dealkylation sites (tertiary alicyclic amines) is 1. The lowest BCUT2D eigenvalue weighted by Gasteiger charge is -2.37. The Hall–Kier alpha value is -0.220. The quantitative estimate of drug-likeness (QED) is 0.711. The van der Waals surface area contributed by atoms with E-state index in [1.54, 1.807) is 0 Å². The molecule has 1 unspecified atom stereocenters. The van der Waals surface area contributed by atoms with Gasteiger partial charge in [0.25, 0.3) is 0 Å². The summed E-state index contributed by atoms with van der Waals surface area (Å²) in [5.74, 6) is 1.36. The van der Waals surface area contributed by atoms with E-state index in [1.807, 2.05) is 4.90 Å². The molecule has 1 aliphatic carbocycles. The average molecular weight is 229 g/mol. The summed E-state index contributed by atoms with van der Waals surface area (Å²) in [5.41, 5.74) is -0.227. The van der Waals surface area contributed by atoms with Crippen LogP contribution in [0.15, 0.2) is 0 Å². The molecule has 0 spiro atoms. The second-order valence-electron chi connectivity index (χ2n) is 4.85. The summed E-state index contributed by atoms with van der Waals surface area (Å²) in [7, 11) is 0. The summed E-state index contributed by atoms with van der Waals surface area (Å²) in [6.07, 6.45) is 4.82. The molecule has 1 saturated heterocycles. The SMILES string of the molecule is O=C1CC(CS)CN1C1(CO)CCCC1. The van der Waals surface area contributed by atoms with Crippen molar-refractivity contribution in [2.45, 2.75) is 37.6 Å². The predicted molar refractivity (Wildman–Crippen MR) is 62.0 cm³/mol. The normalized spacial score (nSPS) is 30.1. The van der Waals surface area contributed by atoms with Crippen molar-refractivity contribution in [2.75, 3.05) is 18.9 Å². The minimum absolute atomic E-state index is 0.123. The number of nitrogens with zero attached hydrogens (tertiary/aromatic N) is 1. The van der Waals surface area contributed by atoms with Crippen LogP contribution in [0.1, 0.15) is 32.1 Å². The number of carbonyl (C=O) groups excluding carboxylic acids is 1. The first-order valence-electron chi connectivity index (χ1n) is 5.74. The molecule has 0 aromatic carbocycles. The minimum Gasteiger partial charge on any atom is -0.394 e. The van der Waals surface area contributed by atoms with Gasteiger partial charge < -0.3 is 10.0 Å². The topological polar surface area (TPSA) is 40.5 Å². The van der Waals surface area contributed by atoms with E-state index in [2.05, 4.69) is 12.6 Å². The zero-order valence-corrected chi connectivity index (χ0v) is 9.88. The van der Waals surface area contributed by atoms with Crippen LogP contribution >= 0.6 is 12.6 Å². The fourth-order valence-corrected chi connectivity index (χ4v) is 3.15. The van der Waals surface area contributed by atoms with Gasteiger partial charge in [0.15, 0.2) is 0 Å². The maximum Gasteiger partial charge on any atom is 0.223 e. The van der Waals surface area contributed by atoms with E-state index in [1.165, 1.54) is 0 Å². The molecule has 15 heavy (non-hydrogen) atoms. The molecule has 1 atom stereocenters. The van der Waals surface area contributed by atoms with Gasteiger partial charge in [-0.1, -0.05) is 12.8 Å². The third-order valence-electron chi connectivity index (χ3n) is 3.86. The molecule has 2 rings (SSSR count). The molecule has 4 heteroatoms. The van der Waals surface area contributed by atoms with Gasteiger partial charge in [-0.15, -0.1) is 0 Å². The highest BCUT2D eigenvalue weighted by Crippen LogP contribution is 2.38. The summed E-state index contributed by atoms with van der Waals surface area (Å²) in [5, 5.41) is 9.54. The van der Waals surface area contributed by atoms with Crippen LogP contribution in [0.3, 0.4) is 0 Å². The van der Waals surface area contributed by atoms with E-state index < -0.39 is 0 Å². The van der Waals surface area contributed by atoms with Crippen LogP contribution in [0.5, 0.6) is 0 Å². The van der Waals surface area contributed by atoms with Gasteiger partial charge in [0.05, 0.1) is 12.1 Å². The number of amides is 1. The van der Waals surface area contributed by atoms with Crippen molar-refractivity contribution in [2.24, 2.45) is 5.92 Å². The Bertz CT molecular complexity index is 251. The van der Waals surface area contributed by atoms with E-state index in [0.717, 1.165) is 38.0 Å². The summed E-state index contributed by atoms with van der Waals surface area (Å²) in [6, 6.07) is 0. The number of hydrogen-bond donors (Lipinski definition) is 2. The van der Waals surface area contributed by atoms with Crippen molar-refractivity contribution < 1.29 is 9.90 Å². The maximum absolute atomic E-state index is 11.9. The van der Waals surface area contributed by atoms with Crippen LogP contribution in [0.4, 0.5) is 0 Å². The van der Waals surface area contributed by atoms with E-state index in [4.69, 9.17) is 0 Å². The van der Waals surface area contributed by atoms with Crippen molar-refractivity contribution in [1.82, 2.24) is 4.90 Å². The van der Waals surface area contributed by atoms with Gasteiger partial charge >= 0.3 is 0 Å². The van der Waals surface area contributed by atoms with Crippen LogP contribution in [0.25, 0.3) is 0 Å². The van der Waals surface area contributed by atoms with Crippen LogP contribution < -0.4 is 0 Å². The molecule has 2 fully saturated rings. The predicted octanol–water partition coefficient (Wildman–Crippen LogP) is 1.07. The summed E-state index contributed by atoms with van der Waals surface area (Å²) < 4.78 is 0. The molecular weight excluding hydrogens is 210 g/mol. The van der Waals surface area contributed by atoms with Crippen molar-refractivity contribution in [3.63, 3.8) is 0 Å². The lowest BCUT2D eigenvalue weighted by Crippen LogP contribution is -2.50. The van der Waals surface area contributed by atoms with Crippen LogP contribution in [0, 0.1) is 5.92 Å². The Kier molecular flexibility index (Phi) is 3.26. The number of aliphatic hydroxyl groups is 1. The second-order valence-corrected chi connectivity index (χ2v) is 5.21. The first-order valence-corrected chi connectivity index (χ1v) is 6.37. The van der Waals surface area contributed by atoms with Gasteiger partial charge in [-0.05, 0) is 24.5 Å². The first-order chi connectivity index (χ1) is 7.22. The zero-order chi connectivity index (χ0) is 10.9. The molecule has 1 amide bonds. The molecule has 1 N–H and O–H groups in total. The fourth-order valence-electron chi connectivity index (χ4n) is 2.91. The molecule has 1 saturated carbocycles. The first kappa shape index (κ1) is 11.3. The lowest BCUT2D eigenvalue weighted by molar-refractivity contribution is -0.134. The molecule has 1 aliphatic heterocycles. The van der Waals surface area contributed by atoms with Crippen LogP contribution in [-0.4, -0.2) is 40.4 Å². The summed E-state index contributed by atoms with van der Waals surface area (Å²) in [4.78, 5) is 13.8. The monoisotopic (exact) mass is 229 g/mol. The standard InChI is InChI=1S/C11H19NO2S/c13-8-11(3-1-2-4-11)12-6-9(7-15)5-10(12)14/h9,13,15H,1-8H2. The number of thiol groups is 1. The maximum atomic E-state index is 11.9. The van der Waals surface area contributed by atoms with Crippen molar-refractivity contribution in [3.8, 4) is 0 Å². The number of carbonyl (C=O) groups is 1. The highest BCUT2D eigenvalue weighted by Gasteiger charge is 2.45. The zero-order valence-electron chi connectivity index (χ0n) is 8.98. The number of rotatable bonds is 3. The van der Waals surface area contributed by atoms with Crippen molar-refractivity contribution in [3.05, 3.63) is 0 Å². The average Bonchev–Trinajstić information content (AvgIpc) is 2.84. The third-order valence-corrected chi connectivity index (χ3v) is 4.38. The molecule has 86 valence electrons. The molecule has 1 heterocycles. The molecule has 3 nitrogen and oxygen atoms in total. The van der Waals surface area contributed by atoms with E-state index in [9.17, 15) is 9.90 Å². The van der Waals surface area contributed by atoms with Crippen molar-refractivity contribution >= 4 is 18.5 Å². The summed E-state index contributed by atoms with van der Waals surface area (Å²) >= 11 is 4.25. The Morgan fingerprint density at radius 1 is 1.47 bits per heavy atom. The second kappa shape index (κ2) is 4.34. The van der Waals surface area contributed by atoms with E-state index >= 15 is 0 Å². The number of aliphatic hydroxyl groups excluding tert-OH is 1. The van der Waals surface area contributed by atoms with Crippen LogP contribution in [0.2, 0.25) is 0 Å². The van der Waals surface area contributed by atoms with E-state index in [0.29, 0.717) is 12.3 Å². The molecule has 0 radical (unpaired) electrons. The lowest BCUT2D eigenvalue weighted by atomic mass is 9.96. The fraction of sp³-hybridized carbons (Fsp3) is 0.909. The largest absolute Gasteiger partial charge is 0.394 e. The van der Waals surface area contributed by atoms with Gasteiger partial charge in [-0.2, -0.15) is 12.6 Å². The van der Waals surface area contributed by atoms with Gasteiger partial charge in [-0.25, -0.2) is 0 Å². The molecule has 0 aromatic heterocycles. The van der Waals surface area contributed by atoms with Crippen LogP contribution in [-0.2, 0) is 4.79 Å². The number of hydrogen-bond acceptors (Lipinski definition) is 3. The minimum atomic E-state index is -0.227. The Labute approximate surface area is 96.2 Å². The van der Waals surface area contributed by atoms with Crippen molar-refractivity contribution in [1.29, 1.82) is 0 Å². The Balaban J connectivity index is 2.12. The summed E-state index contributed by atoms with van der Waals surface area (Å²) in [6.45, 7) is 0.918. The molecule has 0 bridgehead atoms. The molecule has 0 aromatic rings. The molecule has 2 aliphatic rings. The highest BCUT2D eigenvalue weighted by atomic mass is 32.1. The van der Waals surface area contributed by atoms with Gasteiger partial charge in [0.2, 0.25) is 5.91 Å². The smallest absolute Gasteiger partial charge is 0.223 e. The Morgan fingerprint density at radius 3 is 2.60 bits per heavy atom. The van der Waals surface area contributed by atoms with Gasteiger partial charge in [0.1, 0.15) is 0 Å². The molecular formula is C11H19NO2S.